The second-order valence-electron chi connectivity index (χ2n) is 6.38. The van der Waals surface area contributed by atoms with E-state index >= 15 is 0 Å². The van der Waals surface area contributed by atoms with Gasteiger partial charge in [-0.15, -0.1) is 0 Å². The molecule has 28 heavy (non-hydrogen) atoms. The number of thioether (sulfide) groups is 1. The van der Waals surface area contributed by atoms with E-state index in [2.05, 4.69) is 15.6 Å². The summed E-state index contributed by atoms with van der Waals surface area (Å²) in [5.74, 6) is -0.494. The van der Waals surface area contributed by atoms with Gasteiger partial charge in [-0.1, -0.05) is 11.8 Å². The van der Waals surface area contributed by atoms with Gasteiger partial charge < -0.3 is 21.1 Å². The number of hydrogen-bond donors (Lipinski definition) is 3. The molecular formula is C19H20N4O4S. The first kappa shape index (κ1) is 19.7. The Labute approximate surface area is 166 Å². The van der Waals surface area contributed by atoms with E-state index < -0.39 is 5.91 Å². The molecule has 1 aliphatic rings. The van der Waals surface area contributed by atoms with Crippen LogP contribution in [0.5, 0.6) is 5.75 Å². The first-order chi connectivity index (χ1) is 13.3. The number of benzene rings is 1. The highest BCUT2D eigenvalue weighted by atomic mass is 32.2. The van der Waals surface area contributed by atoms with Crippen molar-refractivity contribution in [2.24, 2.45) is 5.73 Å². The van der Waals surface area contributed by atoms with Gasteiger partial charge in [0.05, 0.1) is 17.0 Å². The Morgan fingerprint density at radius 3 is 2.75 bits per heavy atom. The summed E-state index contributed by atoms with van der Waals surface area (Å²) in [5, 5.41) is 5.88. The topological polar surface area (TPSA) is 123 Å². The Morgan fingerprint density at radius 1 is 1.29 bits per heavy atom. The molecule has 1 aromatic carbocycles. The Bertz CT molecular complexity index is 990. The monoisotopic (exact) mass is 400 g/mol. The summed E-state index contributed by atoms with van der Waals surface area (Å²) in [5.41, 5.74) is 9.33. The van der Waals surface area contributed by atoms with Crippen LogP contribution in [-0.2, 0) is 9.59 Å². The van der Waals surface area contributed by atoms with Crippen molar-refractivity contribution in [1.82, 2.24) is 4.98 Å². The van der Waals surface area contributed by atoms with Crippen LogP contribution in [0.1, 0.15) is 27.2 Å². The van der Waals surface area contributed by atoms with Gasteiger partial charge in [-0.2, -0.15) is 0 Å². The smallest absolute Gasteiger partial charge is 0.262 e. The van der Waals surface area contributed by atoms with Gasteiger partial charge in [0.1, 0.15) is 10.8 Å². The molecule has 0 atom stereocenters. The van der Waals surface area contributed by atoms with E-state index in [0.29, 0.717) is 27.7 Å². The molecule has 0 unspecified atom stereocenters. The maximum absolute atomic E-state index is 12.3. The average molecular weight is 400 g/mol. The quantitative estimate of drug-likeness (QED) is 0.661. The predicted octanol–water partition coefficient (Wildman–Crippen LogP) is 2.17. The minimum atomic E-state index is -0.568. The van der Waals surface area contributed by atoms with Crippen molar-refractivity contribution in [3.63, 3.8) is 0 Å². The molecular weight excluding hydrogens is 380 g/mol. The molecule has 0 bridgehead atoms. The molecule has 0 saturated carbocycles. The molecule has 1 aliphatic heterocycles. The minimum absolute atomic E-state index is 0.0279. The van der Waals surface area contributed by atoms with E-state index in [1.54, 1.807) is 18.2 Å². The number of pyridine rings is 1. The van der Waals surface area contributed by atoms with Crippen LogP contribution in [0.3, 0.4) is 0 Å². The number of primary amides is 1. The number of rotatable bonds is 5. The molecule has 2 heterocycles. The van der Waals surface area contributed by atoms with Crippen molar-refractivity contribution in [3.8, 4) is 5.75 Å². The number of aryl methyl sites for hydroxylation is 1. The largest absolute Gasteiger partial charge is 0.482 e. The van der Waals surface area contributed by atoms with Gasteiger partial charge in [0.25, 0.3) is 11.8 Å². The minimum Gasteiger partial charge on any atom is -0.482 e. The van der Waals surface area contributed by atoms with Crippen LogP contribution < -0.4 is 21.1 Å². The van der Waals surface area contributed by atoms with Crippen molar-refractivity contribution in [2.75, 3.05) is 23.0 Å². The highest BCUT2D eigenvalue weighted by Crippen LogP contribution is 2.31. The Hall–Kier alpha value is -3.07. The van der Waals surface area contributed by atoms with E-state index in [0.717, 1.165) is 28.6 Å². The lowest BCUT2D eigenvalue weighted by molar-refractivity contribution is -0.118. The number of nitrogens with zero attached hydrogens (tertiary/aromatic N) is 1. The second kappa shape index (κ2) is 7.89. The lowest BCUT2D eigenvalue weighted by Crippen LogP contribution is -2.25. The van der Waals surface area contributed by atoms with Gasteiger partial charge in [-0.3, -0.25) is 14.4 Å². The third kappa shape index (κ3) is 4.09. The van der Waals surface area contributed by atoms with E-state index in [4.69, 9.17) is 10.5 Å². The van der Waals surface area contributed by atoms with Gasteiger partial charge in [0.2, 0.25) is 5.91 Å². The third-order valence-electron chi connectivity index (χ3n) is 4.45. The van der Waals surface area contributed by atoms with E-state index in [1.165, 1.54) is 0 Å². The summed E-state index contributed by atoms with van der Waals surface area (Å²) in [6, 6.07) is 4.99. The number of nitrogens with two attached hydrogens (primary N) is 1. The fourth-order valence-electron chi connectivity index (χ4n) is 2.80. The summed E-state index contributed by atoms with van der Waals surface area (Å²) in [6.07, 6.45) is 0. The lowest BCUT2D eigenvalue weighted by atomic mass is 10.0. The standard InChI is InChI=1S/C19H20N4O4S/c1-9-10(2)17(18(20)26)19(21-11(9)3)28-8-16(25)22-12-4-5-14-13(6-12)23-15(24)7-27-14/h4-6H,7-8H2,1-3H3,(H2,20,26)(H,22,25)(H,23,24). The Balaban J connectivity index is 1.71. The fourth-order valence-corrected chi connectivity index (χ4v) is 3.74. The second-order valence-corrected chi connectivity index (χ2v) is 7.34. The molecule has 0 aliphatic carbocycles. The van der Waals surface area contributed by atoms with Gasteiger partial charge in [0, 0.05) is 11.4 Å². The van der Waals surface area contributed by atoms with Crippen LogP contribution in [0.2, 0.25) is 0 Å². The number of fused-ring (bicyclic) bond motifs is 1. The zero-order chi connectivity index (χ0) is 20.4. The predicted molar refractivity (Wildman–Crippen MR) is 107 cm³/mol. The number of hydrogen-bond acceptors (Lipinski definition) is 6. The van der Waals surface area contributed by atoms with Crippen LogP contribution in [0, 0.1) is 20.8 Å². The first-order valence-electron chi connectivity index (χ1n) is 8.53. The van der Waals surface area contributed by atoms with Crippen LogP contribution in [0.25, 0.3) is 0 Å². The summed E-state index contributed by atoms with van der Waals surface area (Å²) in [7, 11) is 0. The van der Waals surface area contributed by atoms with Crippen molar-refractivity contribution >= 4 is 40.9 Å². The molecule has 1 aromatic heterocycles. The normalized spacial score (nSPS) is 12.6. The van der Waals surface area contributed by atoms with Crippen LogP contribution in [0.4, 0.5) is 11.4 Å². The zero-order valence-electron chi connectivity index (χ0n) is 15.7. The number of carbonyl (C=O) groups is 3. The van der Waals surface area contributed by atoms with E-state index in [-0.39, 0.29) is 24.2 Å². The zero-order valence-corrected chi connectivity index (χ0v) is 16.5. The molecule has 3 rings (SSSR count). The van der Waals surface area contributed by atoms with Crippen molar-refractivity contribution in [2.45, 2.75) is 25.8 Å². The number of aromatic nitrogens is 1. The fraction of sp³-hybridized carbons (Fsp3) is 0.263. The summed E-state index contributed by atoms with van der Waals surface area (Å²) in [4.78, 5) is 40.0. The molecule has 146 valence electrons. The molecule has 4 N–H and O–H groups in total. The van der Waals surface area contributed by atoms with Crippen LogP contribution >= 0.6 is 11.8 Å². The van der Waals surface area contributed by atoms with E-state index in [9.17, 15) is 14.4 Å². The van der Waals surface area contributed by atoms with Gasteiger partial charge in [0.15, 0.2) is 6.61 Å². The number of ether oxygens (including phenoxy) is 1. The number of amides is 3. The van der Waals surface area contributed by atoms with Gasteiger partial charge in [-0.05, 0) is 50.1 Å². The third-order valence-corrected chi connectivity index (χ3v) is 5.42. The molecule has 8 nitrogen and oxygen atoms in total. The first-order valence-corrected chi connectivity index (χ1v) is 9.51. The maximum atomic E-state index is 12.3. The van der Waals surface area contributed by atoms with E-state index in [1.807, 2.05) is 20.8 Å². The Kier molecular flexibility index (Phi) is 5.55. The van der Waals surface area contributed by atoms with Crippen LogP contribution in [0.15, 0.2) is 23.2 Å². The molecule has 3 amide bonds. The molecule has 0 fully saturated rings. The van der Waals surface area contributed by atoms with Gasteiger partial charge in [-0.25, -0.2) is 4.98 Å². The highest BCUT2D eigenvalue weighted by Gasteiger charge is 2.19. The molecule has 2 aromatic rings. The number of nitrogens with one attached hydrogen (secondary N) is 2. The van der Waals surface area contributed by atoms with Crippen molar-refractivity contribution in [1.29, 1.82) is 0 Å². The van der Waals surface area contributed by atoms with Crippen molar-refractivity contribution in [3.05, 3.63) is 40.6 Å². The molecule has 0 radical (unpaired) electrons. The van der Waals surface area contributed by atoms with Crippen molar-refractivity contribution < 1.29 is 19.1 Å². The molecule has 9 heteroatoms. The average Bonchev–Trinajstić information content (AvgIpc) is 2.63. The maximum Gasteiger partial charge on any atom is 0.262 e. The highest BCUT2D eigenvalue weighted by molar-refractivity contribution is 8.00. The van der Waals surface area contributed by atoms with Gasteiger partial charge >= 0.3 is 0 Å². The summed E-state index contributed by atoms with van der Waals surface area (Å²) >= 11 is 1.15. The summed E-state index contributed by atoms with van der Waals surface area (Å²) < 4.78 is 5.29. The SMILES string of the molecule is Cc1nc(SCC(=O)Nc2ccc3c(c2)NC(=O)CO3)c(C(N)=O)c(C)c1C. The lowest BCUT2D eigenvalue weighted by Gasteiger charge is -2.18. The molecule has 0 saturated heterocycles. The van der Waals surface area contributed by atoms with Crippen LogP contribution in [-0.4, -0.2) is 35.1 Å². The molecule has 0 spiro atoms. The summed E-state index contributed by atoms with van der Waals surface area (Å²) in [6.45, 7) is 5.52. The number of anilines is 2. The Morgan fingerprint density at radius 2 is 2.04 bits per heavy atom. The number of carbonyl (C=O) groups excluding carboxylic acids is 3.